The summed E-state index contributed by atoms with van der Waals surface area (Å²) in [6, 6.07) is 5.29. The molecule has 2 aromatic carbocycles. The predicted octanol–water partition coefficient (Wildman–Crippen LogP) is 3.50. The van der Waals surface area contributed by atoms with Crippen molar-refractivity contribution in [2.24, 2.45) is 0 Å². The van der Waals surface area contributed by atoms with Crippen LogP contribution >= 0.6 is 0 Å². The highest BCUT2D eigenvalue weighted by molar-refractivity contribution is 5.95. The molecule has 4 rings (SSSR count). The van der Waals surface area contributed by atoms with Crippen LogP contribution in [0.3, 0.4) is 0 Å². The number of amides is 1. The largest absolute Gasteiger partial charge is 0.493 e. The molecule has 198 valence electrons. The van der Waals surface area contributed by atoms with E-state index in [1.165, 1.54) is 34.5 Å². The van der Waals surface area contributed by atoms with Crippen molar-refractivity contribution >= 4 is 12.1 Å². The molecule has 1 amide bonds. The van der Waals surface area contributed by atoms with Crippen molar-refractivity contribution in [3.05, 3.63) is 53.1 Å². The van der Waals surface area contributed by atoms with Gasteiger partial charge in [-0.05, 0) is 24.1 Å². The van der Waals surface area contributed by atoms with Crippen molar-refractivity contribution in [2.75, 3.05) is 48.4 Å². The summed E-state index contributed by atoms with van der Waals surface area (Å²) < 4.78 is 43.9. The fourth-order valence-electron chi connectivity index (χ4n) is 4.34. The number of esters is 1. The summed E-state index contributed by atoms with van der Waals surface area (Å²) in [7, 11) is 5.76. The molecule has 0 saturated carbocycles. The molecule has 37 heavy (non-hydrogen) atoms. The molecule has 2 aromatic rings. The van der Waals surface area contributed by atoms with Crippen LogP contribution in [-0.2, 0) is 20.6 Å². The number of fused-ring (bicyclic) bond motifs is 1. The van der Waals surface area contributed by atoms with E-state index in [1.54, 1.807) is 12.1 Å². The van der Waals surface area contributed by atoms with Gasteiger partial charge in [0.05, 0.1) is 28.4 Å². The Hall–Kier alpha value is -4.12. The smallest absolute Gasteiger partial charge is 0.407 e. The van der Waals surface area contributed by atoms with Crippen molar-refractivity contribution in [3.8, 4) is 28.7 Å². The van der Waals surface area contributed by atoms with Gasteiger partial charge >= 0.3 is 12.1 Å². The quantitative estimate of drug-likeness (QED) is 0.270. The van der Waals surface area contributed by atoms with Crippen LogP contribution in [0.4, 0.5) is 4.79 Å². The third-order valence-electron chi connectivity index (χ3n) is 5.99. The third kappa shape index (κ3) is 5.08. The summed E-state index contributed by atoms with van der Waals surface area (Å²) >= 11 is 0. The summed E-state index contributed by atoms with van der Waals surface area (Å²) in [5.74, 6) is 1.52. The molecule has 1 fully saturated rings. The molecule has 2 aliphatic rings. The van der Waals surface area contributed by atoms with E-state index in [4.69, 9.17) is 37.9 Å². The number of carbonyl (C=O) groups is 2. The van der Waals surface area contributed by atoms with E-state index in [2.05, 4.69) is 11.9 Å². The standard InChI is InChI=1S/C26H29NO10/c1-6-11-34-26(29)27-10-9-14-12-17-22(36-13-35-17)23(32-4)18(14)24-20(37-24)15-7-8-16(30-2)21(31-3)19(15)25(28)33-5/h6-8,12,20,24H,1,9-11,13H2,2-5H3,(H,27,29). The lowest BCUT2D eigenvalue weighted by Crippen LogP contribution is -2.26. The number of carbonyl (C=O) groups excluding carboxylic acids is 2. The molecule has 0 radical (unpaired) electrons. The molecule has 2 atom stereocenters. The minimum absolute atomic E-state index is 0.0534. The normalized spacial score (nSPS) is 17.0. The summed E-state index contributed by atoms with van der Waals surface area (Å²) in [5.41, 5.74) is 2.33. The molecular formula is C26H29NO10. The highest BCUT2D eigenvalue weighted by Gasteiger charge is 2.48. The molecule has 0 aliphatic carbocycles. The van der Waals surface area contributed by atoms with Gasteiger partial charge in [0, 0.05) is 17.7 Å². The number of hydrogen-bond acceptors (Lipinski definition) is 10. The molecule has 0 aromatic heterocycles. The zero-order valence-electron chi connectivity index (χ0n) is 21.1. The predicted molar refractivity (Wildman–Crippen MR) is 130 cm³/mol. The number of rotatable bonds is 11. The van der Waals surface area contributed by atoms with Gasteiger partial charge in [-0.3, -0.25) is 0 Å². The van der Waals surface area contributed by atoms with Gasteiger partial charge in [0.15, 0.2) is 23.0 Å². The molecule has 2 unspecified atom stereocenters. The van der Waals surface area contributed by atoms with Crippen LogP contribution in [0.1, 0.15) is 39.3 Å². The van der Waals surface area contributed by atoms with Crippen LogP contribution in [0.15, 0.2) is 30.9 Å². The summed E-state index contributed by atoms with van der Waals surface area (Å²) in [4.78, 5) is 24.6. The first-order chi connectivity index (χ1) is 18.0. The Labute approximate surface area is 214 Å². The first kappa shape index (κ1) is 26.0. The maximum atomic E-state index is 12.7. The summed E-state index contributed by atoms with van der Waals surface area (Å²) in [5, 5.41) is 2.71. The van der Waals surface area contributed by atoms with Gasteiger partial charge in [-0.1, -0.05) is 18.7 Å². The van der Waals surface area contributed by atoms with Gasteiger partial charge in [-0.2, -0.15) is 0 Å². The van der Waals surface area contributed by atoms with Crippen LogP contribution in [-0.4, -0.2) is 60.4 Å². The van der Waals surface area contributed by atoms with Gasteiger partial charge in [0.2, 0.25) is 12.5 Å². The lowest BCUT2D eigenvalue weighted by molar-refractivity contribution is 0.0594. The molecule has 0 spiro atoms. The van der Waals surface area contributed by atoms with Crippen molar-refractivity contribution in [1.82, 2.24) is 5.32 Å². The highest BCUT2D eigenvalue weighted by atomic mass is 16.7. The molecule has 11 heteroatoms. The number of benzene rings is 2. The van der Waals surface area contributed by atoms with Crippen molar-refractivity contribution in [2.45, 2.75) is 18.6 Å². The SMILES string of the molecule is C=CCOC(=O)NCCc1cc2c(c(OC)c1C1OC1c1ccc(OC)c(OC)c1C(=O)OC)OCO2. The maximum absolute atomic E-state index is 12.7. The second kappa shape index (κ2) is 11.3. The van der Waals surface area contributed by atoms with E-state index in [0.29, 0.717) is 35.0 Å². The van der Waals surface area contributed by atoms with Crippen LogP contribution in [0.5, 0.6) is 28.7 Å². The fourth-order valence-corrected chi connectivity index (χ4v) is 4.34. The van der Waals surface area contributed by atoms with Crippen molar-refractivity contribution < 1.29 is 47.5 Å². The van der Waals surface area contributed by atoms with Crippen LogP contribution < -0.4 is 29.0 Å². The van der Waals surface area contributed by atoms with Gasteiger partial charge in [-0.15, -0.1) is 0 Å². The molecule has 1 N–H and O–H groups in total. The van der Waals surface area contributed by atoms with Gasteiger partial charge in [-0.25, -0.2) is 9.59 Å². The molecule has 2 aliphatic heterocycles. The second-order valence-corrected chi connectivity index (χ2v) is 8.01. The lowest BCUT2D eigenvalue weighted by atomic mass is 9.93. The third-order valence-corrected chi connectivity index (χ3v) is 5.99. The zero-order chi connectivity index (χ0) is 26.5. The monoisotopic (exact) mass is 515 g/mol. The van der Waals surface area contributed by atoms with E-state index in [-0.39, 0.29) is 31.3 Å². The van der Waals surface area contributed by atoms with Crippen LogP contribution in [0.25, 0.3) is 0 Å². The number of alkyl carbamates (subject to hydrolysis) is 1. The minimum Gasteiger partial charge on any atom is -0.493 e. The Bertz CT molecular complexity index is 1190. The maximum Gasteiger partial charge on any atom is 0.407 e. The van der Waals surface area contributed by atoms with Crippen molar-refractivity contribution in [1.29, 1.82) is 0 Å². The van der Waals surface area contributed by atoms with Gasteiger partial charge in [0.1, 0.15) is 24.4 Å². The van der Waals surface area contributed by atoms with Gasteiger partial charge in [0.25, 0.3) is 0 Å². The van der Waals surface area contributed by atoms with Gasteiger partial charge < -0.3 is 43.2 Å². The van der Waals surface area contributed by atoms with E-state index in [1.807, 2.05) is 6.07 Å². The Morgan fingerprint density at radius 1 is 1.08 bits per heavy atom. The first-order valence-electron chi connectivity index (χ1n) is 11.5. The Morgan fingerprint density at radius 2 is 1.86 bits per heavy atom. The Balaban J connectivity index is 1.69. The Kier molecular flexibility index (Phi) is 7.92. The molecule has 0 bridgehead atoms. The van der Waals surface area contributed by atoms with E-state index >= 15 is 0 Å². The second-order valence-electron chi connectivity index (χ2n) is 8.01. The molecule has 1 saturated heterocycles. The first-order valence-corrected chi connectivity index (χ1v) is 11.5. The average Bonchev–Trinajstić information content (AvgIpc) is 3.56. The number of ether oxygens (including phenoxy) is 8. The molecular weight excluding hydrogens is 486 g/mol. The van der Waals surface area contributed by atoms with E-state index in [0.717, 1.165) is 11.1 Å². The van der Waals surface area contributed by atoms with Crippen molar-refractivity contribution in [3.63, 3.8) is 0 Å². The zero-order valence-corrected chi connectivity index (χ0v) is 21.1. The highest BCUT2D eigenvalue weighted by Crippen LogP contribution is 2.59. The fraction of sp³-hybridized carbons (Fsp3) is 0.385. The summed E-state index contributed by atoms with van der Waals surface area (Å²) in [6.45, 7) is 3.97. The topological polar surface area (TPSA) is 123 Å². The van der Waals surface area contributed by atoms with E-state index < -0.39 is 24.3 Å². The van der Waals surface area contributed by atoms with E-state index in [9.17, 15) is 9.59 Å². The number of nitrogens with one attached hydrogen (secondary N) is 1. The summed E-state index contributed by atoms with van der Waals surface area (Å²) in [6.07, 6.45) is 0.374. The molecule has 2 heterocycles. The lowest BCUT2D eigenvalue weighted by Gasteiger charge is -2.16. The Morgan fingerprint density at radius 3 is 2.54 bits per heavy atom. The number of hydrogen-bond donors (Lipinski definition) is 1. The number of methoxy groups -OCH3 is 4. The van der Waals surface area contributed by atoms with Crippen LogP contribution in [0, 0.1) is 0 Å². The minimum atomic E-state index is -0.583. The number of epoxide rings is 1. The average molecular weight is 516 g/mol. The molecule has 11 nitrogen and oxygen atoms in total. The van der Waals surface area contributed by atoms with Crippen LogP contribution in [0.2, 0.25) is 0 Å².